The molecular formula is C27H27N5O2S. The molecule has 35 heavy (non-hydrogen) atoms. The summed E-state index contributed by atoms with van der Waals surface area (Å²) in [5, 5.41) is 17.3. The van der Waals surface area contributed by atoms with Crippen molar-refractivity contribution in [3.05, 3.63) is 71.9 Å². The van der Waals surface area contributed by atoms with Gasteiger partial charge < -0.3 is 9.30 Å². The first-order valence-electron chi connectivity index (χ1n) is 11.8. The Labute approximate surface area is 208 Å². The summed E-state index contributed by atoms with van der Waals surface area (Å²) in [6.07, 6.45) is 5.68. The zero-order valence-corrected chi connectivity index (χ0v) is 20.6. The van der Waals surface area contributed by atoms with Crippen molar-refractivity contribution in [1.82, 2.24) is 9.58 Å². The van der Waals surface area contributed by atoms with Crippen molar-refractivity contribution in [2.24, 2.45) is 16.0 Å². The highest BCUT2D eigenvalue weighted by molar-refractivity contribution is 8.27. The van der Waals surface area contributed by atoms with E-state index >= 15 is 0 Å². The minimum absolute atomic E-state index is 0.0673. The quantitative estimate of drug-likeness (QED) is 0.410. The molecule has 8 heteroatoms. The number of ether oxygens (including phenoxy) is 1. The number of thioether (sulfide) groups is 1. The topological polar surface area (TPSA) is 83.0 Å². The van der Waals surface area contributed by atoms with Gasteiger partial charge in [-0.2, -0.15) is 15.1 Å². The van der Waals surface area contributed by atoms with Crippen molar-refractivity contribution in [1.29, 1.82) is 5.41 Å². The summed E-state index contributed by atoms with van der Waals surface area (Å²) in [7, 11) is 0. The van der Waals surface area contributed by atoms with Crippen LogP contribution >= 0.6 is 11.8 Å². The molecule has 0 saturated carbocycles. The second kappa shape index (κ2) is 9.92. The predicted octanol–water partition coefficient (Wildman–Crippen LogP) is 5.78. The highest BCUT2D eigenvalue weighted by atomic mass is 32.2. The molecule has 3 aromatic rings. The number of nitrogens with zero attached hydrogens (tertiary/aromatic N) is 4. The van der Waals surface area contributed by atoms with E-state index in [1.807, 2.05) is 60.8 Å². The molecule has 0 radical (unpaired) electrons. The van der Waals surface area contributed by atoms with E-state index in [2.05, 4.69) is 28.5 Å². The summed E-state index contributed by atoms with van der Waals surface area (Å²) in [6.45, 7) is 5.41. The predicted molar refractivity (Wildman–Crippen MR) is 143 cm³/mol. The van der Waals surface area contributed by atoms with Gasteiger partial charge in [-0.1, -0.05) is 50.2 Å². The number of carbonyl (C=O) groups excluding carboxylic acids is 1. The Morgan fingerprint density at radius 3 is 2.60 bits per heavy atom. The van der Waals surface area contributed by atoms with Crippen LogP contribution in [0.2, 0.25) is 0 Å². The summed E-state index contributed by atoms with van der Waals surface area (Å²) in [5.41, 5.74) is 2.15. The van der Waals surface area contributed by atoms with Gasteiger partial charge in [-0.3, -0.25) is 10.2 Å². The number of nitrogens with one attached hydrogen (secondary N) is 1. The number of amides is 1. The molecule has 7 nitrogen and oxygen atoms in total. The molecule has 1 amide bonds. The molecule has 178 valence electrons. The Kier molecular flexibility index (Phi) is 6.55. The number of amidine groups is 2. The average Bonchev–Trinajstić information content (AvgIpc) is 3.45. The van der Waals surface area contributed by atoms with Gasteiger partial charge in [0, 0.05) is 28.6 Å². The van der Waals surface area contributed by atoms with Gasteiger partial charge in [0.15, 0.2) is 5.84 Å². The highest BCUT2D eigenvalue weighted by Gasteiger charge is 2.37. The fourth-order valence-electron chi connectivity index (χ4n) is 4.32. The van der Waals surface area contributed by atoms with Crippen LogP contribution in [0.3, 0.4) is 0 Å². The van der Waals surface area contributed by atoms with Crippen LogP contribution in [0.5, 0.6) is 5.75 Å². The zero-order chi connectivity index (χ0) is 24.4. The zero-order valence-electron chi connectivity index (χ0n) is 19.8. The standard InChI is InChI=1S/C27H27N5O2S/c1-3-18(4-2)26-30-32-24(28)22(25(33)29-27(32)35-26)16-19-17-31(23-13-9-8-12-21(19)23)14-15-34-20-10-6-5-7-11-20/h5-13,16-18,28H,3-4,14-15H2,1-2H3. The number of benzene rings is 2. The second-order valence-corrected chi connectivity index (χ2v) is 9.42. The summed E-state index contributed by atoms with van der Waals surface area (Å²) in [6, 6.07) is 17.8. The van der Waals surface area contributed by atoms with Crippen molar-refractivity contribution in [2.75, 3.05) is 6.61 Å². The minimum atomic E-state index is -0.404. The molecule has 1 aromatic heterocycles. The van der Waals surface area contributed by atoms with E-state index in [1.54, 1.807) is 6.08 Å². The third-order valence-corrected chi connectivity index (χ3v) is 7.34. The van der Waals surface area contributed by atoms with Crippen LogP contribution in [-0.4, -0.2) is 38.1 Å². The molecule has 0 bridgehead atoms. The molecule has 0 unspecified atom stereocenters. The SMILES string of the molecule is CCC(CC)C1=NN2C(=N)C(=Cc3cn(CCOc4ccccc4)c4ccccc34)C(=O)N=C2S1. The molecule has 0 spiro atoms. The first kappa shape index (κ1) is 23.1. The number of para-hydroxylation sites is 2. The lowest BCUT2D eigenvalue weighted by atomic mass is 10.1. The van der Waals surface area contributed by atoms with Crippen LogP contribution < -0.4 is 4.74 Å². The van der Waals surface area contributed by atoms with Crippen molar-refractivity contribution >= 4 is 50.7 Å². The molecular weight excluding hydrogens is 458 g/mol. The van der Waals surface area contributed by atoms with Gasteiger partial charge in [0.1, 0.15) is 17.4 Å². The molecule has 5 rings (SSSR count). The minimum Gasteiger partial charge on any atom is -0.492 e. The van der Waals surface area contributed by atoms with Crippen LogP contribution in [0, 0.1) is 11.3 Å². The molecule has 2 aliphatic rings. The average molecular weight is 486 g/mol. The van der Waals surface area contributed by atoms with Gasteiger partial charge in [-0.05, 0) is 48.9 Å². The van der Waals surface area contributed by atoms with Crippen LogP contribution in [0.25, 0.3) is 17.0 Å². The summed E-state index contributed by atoms with van der Waals surface area (Å²) >= 11 is 1.40. The number of fused-ring (bicyclic) bond motifs is 2. The Morgan fingerprint density at radius 1 is 1.09 bits per heavy atom. The van der Waals surface area contributed by atoms with Gasteiger partial charge in [-0.15, -0.1) is 0 Å². The van der Waals surface area contributed by atoms with Crippen LogP contribution in [0.1, 0.15) is 32.3 Å². The third-order valence-electron chi connectivity index (χ3n) is 6.27. The van der Waals surface area contributed by atoms with E-state index in [1.165, 1.54) is 16.8 Å². The number of hydrogen-bond donors (Lipinski definition) is 1. The van der Waals surface area contributed by atoms with Crippen molar-refractivity contribution in [3.63, 3.8) is 0 Å². The van der Waals surface area contributed by atoms with Crippen molar-refractivity contribution in [2.45, 2.75) is 33.2 Å². The Bertz CT molecular complexity index is 1370. The lowest BCUT2D eigenvalue weighted by molar-refractivity contribution is -0.114. The van der Waals surface area contributed by atoms with Gasteiger partial charge in [0.2, 0.25) is 5.17 Å². The van der Waals surface area contributed by atoms with E-state index in [0.717, 1.165) is 40.1 Å². The summed E-state index contributed by atoms with van der Waals surface area (Å²) < 4.78 is 8.00. The van der Waals surface area contributed by atoms with Gasteiger partial charge >= 0.3 is 0 Å². The van der Waals surface area contributed by atoms with E-state index in [0.29, 0.717) is 24.2 Å². The number of aromatic nitrogens is 1. The maximum atomic E-state index is 12.9. The molecule has 1 N–H and O–H groups in total. The van der Waals surface area contributed by atoms with Crippen LogP contribution in [0.4, 0.5) is 0 Å². The molecule has 0 fully saturated rings. The highest BCUT2D eigenvalue weighted by Crippen LogP contribution is 2.33. The van der Waals surface area contributed by atoms with Crippen LogP contribution in [0.15, 0.2) is 76.5 Å². The van der Waals surface area contributed by atoms with Gasteiger partial charge in [0.05, 0.1) is 12.1 Å². The molecule has 0 aliphatic carbocycles. The number of hydrogen-bond acceptors (Lipinski definition) is 5. The van der Waals surface area contributed by atoms with E-state index in [-0.39, 0.29) is 11.4 Å². The van der Waals surface area contributed by atoms with E-state index < -0.39 is 5.91 Å². The largest absolute Gasteiger partial charge is 0.492 e. The fraction of sp³-hybridized carbons (Fsp3) is 0.259. The van der Waals surface area contributed by atoms with Crippen molar-refractivity contribution < 1.29 is 9.53 Å². The number of rotatable bonds is 8. The van der Waals surface area contributed by atoms with E-state index in [9.17, 15) is 4.79 Å². The van der Waals surface area contributed by atoms with Gasteiger partial charge in [0.25, 0.3) is 5.91 Å². The third kappa shape index (κ3) is 4.53. The van der Waals surface area contributed by atoms with Crippen molar-refractivity contribution in [3.8, 4) is 5.75 Å². The molecule has 3 heterocycles. The van der Waals surface area contributed by atoms with Gasteiger partial charge in [-0.25, -0.2) is 0 Å². The molecule has 2 aliphatic heterocycles. The monoisotopic (exact) mass is 485 g/mol. The lowest BCUT2D eigenvalue weighted by Gasteiger charge is -2.20. The van der Waals surface area contributed by atoms with Crippen LogP contribution in [-0.2, 0) is 11.3 Å². The first-order valence-corrected chi connectivity index (χ1v) is 12.7. The Balaban J connectivity index is 1.43. The fourth-order valence-corrected chi connectivity index (χ4v) is 5.48. The summed E-state index contributed by atoms with van der Waals surface area (Å²) in [4.78, 5) is 17.2. The smallest absolute Gasteiger partial charge is 0.283 e. The Hall–Kier alpha value is -3.65. The Morgan fingerprint density at radius 2 is 1.83 bits per heavy atom. The van der Waals surface area contributed by atoms with E-state index in [4.69, 9.17) is 10.1 Å². The first-order chi connectivity index (χ1) is 17.1. The normalized spacial score (nSPS) is 16.8. The molecule has 2 aromatic carbocycles. The molecule has 0 saturated heterocycles. The lowest BCUT2D eigenvalue weighted by Crippen LogP contribution is -2.35. The number of hydrazone groups is 1. The molecule has 0 atom stereocenters. The summed E-state index contributed by atoms with van der Waals surface area (Å²) in [5.74, 6) is 0.800. The number of aliphatic imine (C=N–C) groups is 1. The maximum Gasteiger partial charge on any atom is 0.283 e. The maximum absolute atomic E-state index is 12.9. The number of carbonyl (C=O) groups is 1. The second-order valence-electron chi connectivity index (χ2n) is 8.43.